The number of amides is 4. The Bertz CT molecular complexity index is 1920. The van der Waals surface area contributed by atoms with E-state index in [4.69, 9.17) is 87.8 Å². The molecule has 3 aliphatic rings. The average Bonchev–Trinajstić information content (AvgIpc) is 3.33. The van der Waals surface area contributed by atoms with Crippen molar-refractivity contribution in [2.45, 2.75) is 188 Å². The molecule has 16 atom stereocenters. The molecule has 31 heteroatoms. The van der Waals surface area contributed by atoms with Crippen molar-refractivity contribution >= 4 is 47.5 Å². The number of ether oxygens (including phenoxy) is 4. The van der Waals surface area contributed by atoms with E-state index in [-0.39, 0.29) is 102 Å². The fourth-order valence-corrected chi connectivity index (χ4v) is 8.99. The summed E-state index contributed by atoms with van der Waals surface area (Å²) in [5.41, 5.74) is 67.6. The zero-order chi connectivity index (χ0) is 56.0. The third-order valence-corrected chi connectivity index (χ3v) is 13.2. The molecule has 1 saturated carbocycles. The zero-order valence-corrected chi connectivity index (χ0v) is 43.6. The van der Waals surface area contributed by atoms with Crippen LogP contribution in [0.4, 0.5) is 0 Å². The summed E-state index contributed by atoms with van der Waals surface area (Å²) in [6.45, 7) is 3.97. The van der Waals surface area contributed by atoms with Crippen molar-refractivity contribution in [1.82, 2.24) is 26.6 Å². The number of aliphatic hydroxyl groups excluding tert-OH is 1. The molecule has 31 nitrogen and oxygen atoms in total. The molecule has 0 aromatic rings. The molecule has 2 aliphatic heterocycles. The van der Waals surface area contributed by atoms with Crippen molar-refractivity contribution in [1.29, 1.82) is 0 Å². The van der Waals surface area contributed by atoms with Crippen LogP contribution in [-0.2, 0) is 38.1 Å². The number of likely N-dealkylation sites (N-methyl/N-ethyl adjacent to an activating group) is 1. The maximum absolute atomic E-state index is 14.0. The van der Waals surface area contributed by atoms with Crippen LogP contribution in [0.1, 0.15) is 90.9 Å². The molecule has 31 N–H and O–H groups in total. The highest BCUT2D eigenvalue weighted by molar-refractivity contribution is 5.83. The normalized spacial score (nSPS) is 28.7. The van der Waals surface area contributed by atoms with E-state index in [1.807, 2.05) is 0 Å². The van der Waals surface area contributed by atoms with Crippen LogP contribution in [-0.4, -0.2) is 194 Å². The third kappa shape index (κ3) is 22.0. The molecule has 16 unspecified atom stereocenters. The van der Waals surface area contributed by atoms with Gasteiger partial charge in [-0.3, -0.25) is 39.1 Å². The first-order chi connectivity index (χ1) is 35.3. The minimum absolute atomic E-state index is 0.0639. The van der Waals surface area contributed by atoms with E-state index in [2.05, 4.69) is 46.6 Å². The first-order valence-electron chi connectivity index (χ1n) is 25.4. The Morgan fingerprint density at radius 1 is 0.613 bits per heavy atom. The van der Waals surface area contributed by atoms with E-state index in [1.165, 1.54) is 6.92 Å². The lowest BCUT2D eigenvalue weighted by molar-refractivity contribution is -0.293. The molecule has 3 rings (SSSR count). The van der Waals surface area contributed by atoms with Crippen LogP contribution in [0.25, 0.3) is 0 Å². The fraction of sp³-hybridized carbons (Fsp3) is 0.818. The van der Waals surface area contributed by atoms with Gasteiger partial charge in [0.2, 0.25) is 23.6 Å². The van der Waals surface area contributed by atoms with Crippen LogP contribution in [0.15, 0.2) is 20.0 Å². The van der Waals surface area contributed by atoms with Crippen molar-refractivity contribution in [3.05, 3.63) is 0 Å². The standard InChI is InChI=1S/C44H89N21O10/c1-21(62-34(67)22(45)8-4-14-58-40(49)50)29-13-12-26(63-35(68)23(46)9-5-15-59-41(51)52)38(73-29)74-30-19-31(75-39-32(66)33(57-3)44(2,71)20-72-39)28(65-37(70)25(48)11-7-17-61-43(55)56)18-27(30)64-36(69)24(47)10-6-16-60-42(53)54/h21-33,38-39,57,66,71H,4-20,45-48H2,1-3H3,(H,62,67)(H,63,68)(H,64,69)(H,65,70)(H4,49,50,58)(H4,51,52,59)(H4,53,54,60)(H4,55,56,61). The molecule has 4 amide bonds. The molecular formula is C44H89N21O10. The molecule has 0 aromatic heterocycles. The quantitative estimate of drug-likeness (QED) is 0.0180. The van der Waals surface area contributed by atoms with Crippen LogP contribution >= 0.6 is 0 Å². The van der Waals surface area contributed by atoms with Gasteiger partial charge in [-0.05, 0) is 91.5 Å². The molecule has 0 spiro atoms. The van der Waals surface area contributed by atoms with Crippen LogP contribution in [0.5, 0.6) is 0 Å². The second-order valence-electron chi connectivity index (χ2n) is 19.6. The highest BCUT2D eigenvalue weighted by Gasteiger charge is 2.50. The molecular weight excluding hydrogens is 983 g/mol. The Morgan fingerprint density at radius 2 is 1.00 bits per heavy atom. The second-order valence-corrected chi connectivity index (χ2v) is 19.6. The molecule has 430 valence electrons. The molecule has 0 bridgehead atoms. The van der Waals surface area contributed by atoms with Crippen LogP contribution in [0.3, 0.4) is 0 Å². The molecule has 2 saturated heterocycles. The minimum atomic E-state index is -1.50. The molecule has 0 aromatic carbocycles. The number of carbonyl (C=O) groups is 4. The van der Waals surface area contributed by atoms with E-state index in [9.17, 15) is 29.4 Å². The largest absolute Gasteiger partial charge is 0.386 e. The Hall–Kier alpha value is -5.48. The molecule has 3 fully saturated rings. The Balaban J connectivity index is 2.06. The molecule has 2 heterocycles. The number of hydrogen-bond donors (Lipinski definition) is 19. The van der Waals surface area contributed by atoms with Crippen molar-refractivity contribution in [2.24, 2.45) is 88.8 Å². The lowest BCUT2D eigenvalue weighted by atomic mass is 9.84. The number of aliphatic hydroxyl groups is 2. The number of rotatable bonds is 30. The minimum Gasteiger partial charge on any atom is -0.386 e. The summed E-state index contributed by atoms with van der Waals surface area (Å²) in [5.74, 6) is -2.52. The topological polar surface area (TPSA) is 567 Å². The Labute approximate surface area is 438 Å². The summed E-state index contributed by atoms with van der Waals surface area (Å²) in [6.07, 6.45) is -3.91. The van der Waals surface area contributed by atoms with Crippen LogP contribution < -0.4 is 95.4 Å². The van der Waals surface area contributed by atoms with Gasteiger partial charge in [-0.25, -0.2) is 0 Å². The number of carbonyl (C=O) groups excluding carboxylic acids is 4. The van der Waals surface area contributed by atoms with Gasteiger partial charge in [-0.2, -0.15) is 0 Å². The summed E-state index contributed by atoms with van der Waals surface area (Å²) in [7, 11) is 1.57. The first-order valence-corrected chi connectivity index (χ1v) is 25.4. The zero-order valence-electron chi connectivity index (χ0n) is 43.6. The van der Waals surface area contributed by atoms with E-state index in [0.29, 0.717) is 32.1 Å². The fourth-order valence-electron chi connectivity index (χ4n) is 8.99. The summed E-state index contributed by atoms with van der Waals surface area (Å²) < 4.78 is 26.0. The van der Waals surface area contributed by atoms with E-state index in [0.717, 1.165) is 0 Å². The predicted octanol–water partition coefficient (Wildman–Crippen LogP) is -8.41. The SMILES string of the molecule is CNC1C(O)C(OC2CC(OC3OC(C(C)NC(=O)C(N)CCCN=C(N)N)CCC3NC(=O)C(N)CCCN=C(N)N)C(NC(=O)C(N)CCCN=C(N)N)CC2NC(=O)C(N)CCCN=C(N)N)OCC1(C)O. The van der Waals surface area contributed by atoms with E-state index < -0.39 is 121 Å². The van der Waals surface area contributed by atoms with Crippen molar-refractivity contribution in [2.75, 3.05) is 39.8 Å². The van der Waals surface area contributed by atoms with Gasteiger partial charge >= 0.3 is 0 Å². The van der Waals surface area contributed by atoms with Gasteiger partial charge in [0, 0.05) is 32.6 Å². The van der Waals surface area contributed by atoms with Gasteiger partial charge in [0.25, 0.3) is 0 Å². The maximum atomic E-state index is 14.0. The van der Waals surface area contributed by atoms with E-state index in [1.54, 1.807) is 14.0 Å². The summed E-state index contributed by atoms with van der Waals surface area (Å²) >= 11 is 0. The van der Waals surface area contributed by atoms with Crippen molar-refractivity contribution < 1.29 is 48.3 Å². The monoisotopic (exact) mass is 1070 g/mol. The highest BCUT2D eigenvalue weighted by atomic mass is 16.7. The molecule has 0 radical (unpaired) electrons. The summed E-state index contributed by atoms with van der Waals surface area (Å²) in [5, 5.41) is 37.4. The predicted molar refractivity (Wildman–Crippen MR) is 281 cm³/mol. The van der Waals surface area contributed by atoms with Crippen LogP contribution in [0, 0.1) is 0 Å². The van der Waals surface area contributed by atoms with Crippen molar-refractivity contribution in [3.8, 4) is 0 Å². The number of nitrogens with zero attached hydrogens (tertiary/aromatic N) is 4. The Morgan fingerprint density at radius 3 is 1.40 bits per heavy atom. The van der Waals surface area contributed by atoms with Gasteiger partial charge in [-0.1, -0.05) is 0 Å². The number of hydrogen-bond acceptors (Lipinski definition) is 19. The first kappa shape index (κ1) is 63.8. The van der Waals surface area contributed by atoms with Gasteiger partial charge in [-0.15, -0.1) is 0 Å². The molecule has 1 aliphatic carbocycles. The van der Waals surface area contributed by atoms with Gasteiger partial charge in [0.15, 0.2) is 36.4 Å². The summed E-state index contributed by atoms with van der Waals surface area (Å²) in [6, 6.07) is -8.22. The average molecular weight is 1070 g/mol. The Kier molecular flexibility index (Phi) is 26.8. The van der Waals surface area contributed by atoms with E-state index >= 15 is 0 Å². The lowest BCUT2D eigenvalue weighted by Crippen LogP contribution is -2.67. The lowest BCUT2D eigenvalue weighted by Gasteiger charge is -2.48. The number of nitrogens with one attached hydrogen (secondary N) is 5. The van der Waals surface area contributed by atoms with Gasteiger partial charge < -0.3 is 125 Å². The highest BCUT2D eigenvalue weighted by Crippen LogP contribution is 2.33. The van der Waals surface area contributed by atoms with Gasteiger partial charge in [0.1, 0.15) is 11.7 Å². The van der Waals surface area contributed by atoms with Gasteiger partial charge in [0.05, 0.1) is 79.3 Å². The maximum Gasteiger partial charge on any atom is 0.237 e. The second kappa shape index (κ2) is 31.5. The van der Waals surface area contributed by atoms with Crippen LogP contribution in [0.2, 0.25) is 0 Å². The van der Waals surface area contributed by atoms with Crippen molar-refractivity contribution in [3.63, 3.8) is 0 Å². The smallest absolute Gasteiger partial charge is 0.237 e. The number of nitrogens with two attached hydrogens (primary N) is 12. The number of guanidine groups is 4. The third-order valence-electron chi connectivity index (χ3n) is 13.2. The summed E-state index contributed by atoms with van der Waals surface area (Å²) in [4.78, 5) is 70.7. The molecule has 75 heavy (non-hydrogen) atoms. The number of aliphatic imine (C=N–C) groups is 4.